The fourth-order valence-corrected chi connectivity index (χ4v) is 1.74. The first-order chi connectivity index (χ1) is 8.97. The second kappa shape index (κ2) is 5.09. The molecule has 1 N–H and O–H groups in total. The predicted octanol–water partition coefficient (Wildman–Crippen LogP) is 3.12. The maximum absolute atomic E-state index is 10.9. The van der Waals surface area contributed by atoms with E-state index in [1.807, 2.05) is 20.8 Å². The van der Waals surface area contributed by atoms with Gasteiger partial charge in [0, 0.05) is 6.07 Å². The molecule has 6 heteroatoms. The van der Waals surface area contributed by atoms with Crippen molar-refractivity contribution in [1.82, 2.24) is 4.98 Å². The van der Waals surface area contributed by atoms with Gasteiger partial charge in [0.25, 0.3) is 5.69 Å². The highest BCUT2D eigenvalue weighted by atomic mass is 16.6. The molecule has 100 valence electrons. The van der Waals surface area contributed by atoms with Crippen LogP contribution < -0.4 is 5.32 Å². The number of benzene rings is 1. The normalized spacial score (nSPS) is 10.5. The largest absolute Gasteiger partial charge is 0.444 e. The topological polar surface area (TPSA) is 81.2 Å². The summed E-state index contributed by atoms with van der Waals surface area (Å²) >= 11 is 0. The number of nitro groups is 1. The molecule has 2 aromatic rings. The first-order valence-electron chi connectivity index (χ1n) is 5.89. The summed E-state index contributed by atoms with van der Waals surface area (Å²) in [5.74, 6) is 1.28. The van der Waals surface area contributed by atoms with Crippen molar-refractivity contribution in [1.29, 1.82) is 0 Å². The molecule has 6 nitrogen and oxygen atoms in total. The number of nitrogens with zero attached hydrogens (tertiary/aromatic N) is 2. The van der Waals surface area contributed by atoms with Crippen molar-refractivity contribution in [2.75, 3.05) is 5.32 Å². The molecule has 0 aliphatic heterocycles. The van der Waals surface area contributed by atoms with E-state index in [4.69, 9.17) is 4.42 Å². The summed E-state index contributed by atoms with van der Waals surface area (Å²) in [7, 11) is 0. The average molecular weight is 261 g/mol. The molecule has 0 spiro atoms. The van der Waals surface area contributed by atoms with Crippen LogP contribution in [-0.4, -0.2) is 9.91 Å². The smallest absolute Gasteiger partial charge is 0.292 e. The lowest BCUT2D eigenvalue weighted by Gasteiger charge is -2.05. The van der Waals surface area contributed by atoms with Gasteiger partial charge in [0.1, 0.15) is 11.4 Å². The Kier molecular flexibility index (Phi) is 3.50. The Bertz CT molecular complexity index is 600. The van der Waals surface area contributed by atoms with Crippen LogP contribution >= 0.6 is 0 Å². The van der Waals surface area contributed by atoms with Crippen molar-refractivity contribution in [3.63, 3.8) is 0 Å². The molecular formula is C13H15N3O3. The molecule has 0 unspecified atom stereocenters. The van der Waals surface area contributed by atoms with Crippen molar-refractivity contribution in [2.45, 2.75) is 27.3 Å². The standard InChI is InChI=1S/C13H15N3O3/c1-8-4-5-12(16(17)18)11(6-8)14-7-13-15-9(2)10(3)19-13/h4-6,14H,7H2,1-3H3. The molecule has 0 aliphatic carbocycles. The summed E-state index contributed by atoms with van der Waals surface area (Å²) < 4.78 is 5.42. The lowest BCUT2D eigenvalue weighted by Crippen LogP contribution is -2.03. The van der Waals surface area contributed by atoms with Gasteiger partial charge in [0.15, 0.2) is 0 Å². The van der Waals surface area contributed by atoms with Crippen molar-refractivity contribution in [2.24, 2.45) is 0 Å². The minimum absolute atomic E-state index is 0.0469. The Morgan fingerprint density at radius 2 is 2.11 bits per heavy atom. The number of rotatable bonds is 4. The number of aryl methyl sites for hydroxylation is 3. The van der Waals surface area contributed by atoms with E-state index in [2.05, 4.69) is 10.3 Å². The third-order valence-corrected chi connectivity index (χ3v) is 2.85. The SMILES string of the molecule is Cc1ccc([N+](=O)[O-])c(NCc2nc(C)c(C)o2)c1. The molecule has 19 heavy (non-hydrogen) atoms. The Balaban J connectivity index is 2.19. The second-order valence-electron chi connectivity index (χ2n) is 4.38. The fourth-order valence-electron chi connectivity index (χ4n) is 1.74. The van der Waals surface area contributed by atoms with E-state index in [0.717, 1.165) is 17.0 Å². The van der Waals surface area contributed by atoms with E-state index < -0.39 is 4.92 Å². The van der Waals surface area contributed by atoms with E-state index in [1.165, 1.54) is 6.07 Å². The molecular weight excluding hydrogens is 246 g/mol. The van der Waals surface area contributed by atoms with Gasteiger partial charge in [0.2, 0.25) is 5.89 Å². The minimum atomic E-state index is -0.409. The number of aromatic nitrogens is 1. The van der Waals surface area contributed by atoms with Crippen LogP contribution in [0, 0.1) is 30.9 Å². The summed E-state index contributed by atoms with van der Waals surface area (Å²) in [5.41, 5.74) is 2.30. The van der Waals surface area contributed by atoms with Crippen LogP contribution in [0.25, 0.3) is 0 Å². The zero-order valence-electron chi connectivity index (χ0n) is 11.1. The van der Waals surface area contributed by atoms with Gasteiger partial charge in [-0.2, -0.15) is 0 Å². The zero-order chi connectivity index (χ0) is 14.0. The van der Waals surface area contributed by atoms with Crippen molar-refractivity contribution in [3.05, 3.63) is 51.2 Å². The minimum Gasteiger partial charge on any atom is -0.444 e. The molecule has 0 aliphatic rings. The van der Waals surface area contributed by atoms with E-state index in [0.29, 0.717) is 18.1 Å². The highest BCUT2D eigenvalue weighted by Crippen LogP contribution is 2.25. The van der Waals surface area contributed by atoms with E-state index >= 15 is 0 Å². The third kappa shape index (κ3) is 2.90. The van der Waals surface area contributed by atoms with Crippen molar-refractivity contribution < 1.29 is 9.34 Å². The first kappa shape index (κ1) is 13.1. The monoisotopic (exact) mass is 261 g/mol. The molecule has 0 atom stereocenters. The van der Waals surface area contributed by atoms with Crippen LogP contribution in [0.2, 0.25) is 0 Å². The van der Waals surface area contributed by atoms with Crippen LogP contribution in [0.4, 0.5) is 11.4 Å². The second-order valence-corrected chi connectivity index (χ2v) is 4.38. The molecule has 1 aromatic carbocycles. The van der Waals surface area contributed by atoms with E-state index in [9.17, 15) is 10.1 Å². The zero-order valence-corrected chi connectivity index (χ0v) is 11.1. The Labute approximate surface area is 110 Å². The maximum atomic E-state index is 10.9. The molecule has 1 aromatic heterocycles. The Hall–Kier alpha value is -2.37. The van der Waals surface area contributed by atoms with Crippen LogP contribution in [0.5, 0.6) is 0 Å². The molecule has 0 radical (unpaired) electrons. The molecule has 1 heterocycles. The Morgan fingerprint density at radius 3 is 2.68 bits per heavy atom. The van der Waals surface area contributed by atoms with Gasteiger partial charge in [-0.15, -0.1) is 0 Å². The van der Waals surface area contributed by atoms with Crippen LogP contribution in [0.15, 0.2) is 22.6 Å². The fraction of sp³-hybridized carbons (Fsp3) is 0.308. The van der Waals surface area contributed by atoms with Gasteiger partial charge in [-0.05, 0) is 32.4 Å². The summed E-state index contributed by atoms with van der Waals surface area (Å²) in [4.78, 5) is 14.7. The highest BCUT2D eigenvalue weighted by Gasteiger charge is 2.14. The molecule has 0 fully saturated rings. The third-order valence-electron chi connectivity index (χ3n) is 2.85. The number of nitrogens with one attached hydrogen (secondary N) is 1. The van der Waals surface area contributed by atoms with Gasteiger partial charge < -0.3 is 9.73 Å². The number of hydrogen-bond acceptors (Lipinski definition) is 5. The van der Waals surface area contributed by atoms with Gasteiger partial charge in [-0.1, -0.05) is 6.07 Å². The molecule has 0 bridgehead atoms. The van der Waals surface area contributed by atoms with E-state index in [-0.39, 0.29) is 5.69 Å². The van der Waals surface area contributed by atoms with Crippen molar-refractivity contribution >= 4 is 11.4 Å². The number of oxazole rings is 1. The molecule has 0 amide bonds. The predicted molar refractivity (Wildman–Crippen MR) is 71.1 cm³/mol. The number of anilines is 1. The number of nitro benzene ring substituents is 1. The molecule has 2 rings (SSSR count). The van der Waals surface area contributed by atoms with Gasteiger partial charge in [-0.25, -0.2) is 4.98 Å². The van der Waals surface area contributed by atoms with Gasteiger partial charge >= 0.3 is 0 Å². The van der Waals surface area contributed by atoms with Crippen LogP contribution in [0.1, 0.15) is 22.9 Å². The Morgan fingerprint density at radius 1 is 1.37 bits per heavy atom. The van der Waals surface area contributed by atoms with Gasteiger partial charge in [-0.3, -0.25) is 10.1 Å². The lowest BCUT2D eigenvalue weighted by molar-refractivity contribution is -0.384. The molecule has 0 saturated heterocycles. The highest BCUT2D eigenvalue weighted by molar-refractivity contribution is 5.62. The molecule has 0 saturated carbocycles. The van der Waals surface area contributed by atoms with E-state index in [1.54, 1.807) is 12.1 Å². The van der Waals surface area contributed by atoms with Crippen LogP contribution in [0.3, 0.4) is 0 Å². The van der Waals surface area contributed by atoms with Crippen LogP contribution in [-0.2, 0) is 6.54 Å². The maximum Gasteiger partial charge on any atom is 0.292 e. The summed E-state index contributed by atoms with van der Waals surface area (Å²) in [6, 6.07) is 4.94. The van der Waals surface area contributed by atoms with Gasteiger partial charge in [0.05, 0.1) is 17.2 Å². The summed E-state index contributed by atoms with van der Waals surface area (Å²) in [6.45, 7) is 5.89. The summed E-state index contributed by atoms with van der Waals surface area (Å²) in [5, 5.41) is 13.9. The lowest BCUT2D eigenvalue weighted by atomic mass is 10.2. The van der Waals surface area contributed by atoms with Crippen molar-refractivity contribution in [3.8, 4) is 0 Å². The first-order valence-corrected chi connectivity index (χ1v) is 5.89. The number of hydrogen-bond donors (Lipinski definition) is 1. The average Bonchev–Trinajstić information content (AvgIpc) is 2.66. The summed E-state index contributed by atoms with van der Waals surface area (Å²) in [6.07, 6.45) is 0. The quantitative estimate of drug-likeness (QED) is 0.675.